The zero-order valence-electron chi connectivity index (χ0n) is 8.44. The fourth-order valence-electron chi connectivity index (χ4n) is 1.00. The Morgan fingerprint density at radius 2 is 2.00 bits per heavy atom. The Morgan fingerprint density at radius 1 is 1.29 bits per heavy atom. The summed E-state index contributed by atoms with van der Waals surface area (Å²) < 4.78 is 27.9. The van der Waals surface area contributed by atoms with Crippen molar-refractivity contribution in [3.63, 3.8) is 0 Å². The molecule has 0 aliphatic carbocycles. The molecule has 17 heavy (non-hydrogen) atoms. The van der Waals surface area contributed by atoms with Crippen LogP contribution in [-0.4, -0.2) is 18.5 Å². The summed E-state index contributed by atoms with van der Waals surface area (Å²) in [5.74, 6) is -0.866. The van der Waals surface area contributed by atoms with Crippen molar-refractivity contribution in [3.8, 4) is 5.75 Å². The molecule has 0 radical (unpaired) electrons. The number of hydrazine groups is 1. The Morgan fingerprint density at radius 3 is 2.59 bits per heavy atom. The molecule has 0 saturated carbocycles. The summed E-state index contributed by atoms with van der Waals surface area (Å²) in [6.45, 7) is -2.97. The lowest BCUT2D eigenvalue weighted by Gasteiger charge is -2.07. The predicted octanol–water partition coefficient (Wildman–Crippen LogP) is 0.601. The van der Waals surface area contributed by atoms with Crippen LogP contribution in [-0.2, 0) is 0 Å². The molecule has 0 bridgehead atoms. The van der Waals surface area contributed by atoms with E-state index in [0.717, 1.165) is 6.07 Å². The van der Waals surface area contributed by atoms with E-state index >= 15 is 0 Å². The first kappa shape index (κ1) is 12.7. The van der Waals surface area contributed by atoms with Crippen LogP contribution in [0.4, 0.5) is 13.6 Å². The second-order valence-corrected chi connectivity index (χ2v) is 2.85. The normalized spacial score (nSPS) is 9.82. The lowest BCUT2D eigenvalue weighted by Crippen LogP contribution is -2.44. The largest absolute Gasteiger partial charge is 0.435 e. The molecular weight excluding hydrogens is 236 g/mol. The molecule has 8 heteroatoms. The van der Waals surface area contributed by atoms with Gasteiger partial charge in [-0.25, -0.2) is 10.2 Å². The van der Waals surface area contributed by atoms with Crippen molar-refractivity contribution in [1.82, 2.24) is 10.9 Å². The summed E-state index contributed by atoms with van der Waals surface area (Å²) in [6.07, 6.45) is 0. The van der Waals surface area contributed by atoms with Gasteiger partial charge in [0.15, 0.2) is 0 Å². The average molecular weight is 245 g/mol. The number of carbonyl (C=O) groups excluding carboxylic acids is 2. The topological polar surface area (TPSA) is 93.5 Å². The van der Waals surface area contributed by atoms with Crippen molar-refractivity contribution in [2.75, 3.05) is 0 Å². The Labute approximate surface area is 94.7 Å². The number of carbonyl (C=O) groups is 2. The van der Waals surface area contributed by atoms with Crippen molar-refractivity contribution in [3.05, 3.63) is 29.8 Å². The molecule has 0 heterocycles. The highest BCUT2D eigenvalue weighted by Gasteiger charge is 2.09. The summed E-state index contributed by atoms with van der Waals surface area (Å²) in [4.78, 5) is 21.7. The summed E-state index contributed by atoms with van der Waals surface area (Å²) in [5, 5.41) is 0. The van der Waals surface area contributed by atoms with Crippen LogP contribution in [0.25, 0.3) is 0 Å². The maximum Gasteiger partial charge on any atom is 0.387 e. The minimum atomic E-state index is -2.97. The molecule has 0 aliphatic rings. The van der Waals surface area contributed by atoms with Crippen LogP contribution in [0, 0.1) is 0 Å². The van der Waals surface area contributed by atoms with Crippen LogP contribution in [0.5, 0.6) is 5.75 Å². The van der Waals surface area contributed by atoms with Crippen molar-refractivity contribution >= 4 is 11.9 Å². The first-order chi connectivity index (χ1) is 7.99. The van der Waals surface area contributed by atoms with Gasteiger partial charge < -0.3 is 10.5 Å². The van der Waals surface area contributed by atoms with Crippen LogP contribution in [0.15, 0.2) is 24.3 Å². The van der Waals surface area contributed by atoms with Crippen molar-refractivity contribution in [1.29, 1.82) is 0 Å². The summed E-state index contributed by atoms with van der Waals surface area (Å²) in [7, 11) is 0. The van der Waals surface area contributed by atoms with Crippen LogP contribution in [0.2, 0.25) is 0 Å². The third kappa shape index (κ3) is 4.33. The number of primary amides is 1. The molecule has 0 spiro atoms. The third-order valence-corrected chi connectivity index (χ3v) is 1.62. The van der Waals surface area contributed by atoms with Gasteiger partial charge in [0.05, 0.1) is 0 Å². The smallest absolute Gasteiger partial charge is 0.387 e. The maximum atomic E-state index is 11.9. The summed E-state index contributed by atoms with van der Waals surface area (Å²) >= 11 is 0. The number of alkyl halides is 2. The second-order valence-electron chi connectivity index (χ2n) is 2.85. The first-order valence-corrected chi connectivity index (χ1v) is 4.39. The molecule has 92 valence electrons. The van der Waals surface area contributed by atoms with E-state index < -0.39 is 18.5 Å². The maximum absolute atomic E-state index is 11.9. The first-order valence-electron chi connectivity index (χ1n) is 4.39. The molecule has 1 aromatic rings. The molecular formula is C9H9F2N3O3. The van der Waals surface area contributed by atoms with E-state index in [4.69, 9.17) is 5.73 Å². The van der Waals surface area contributed by atoms with Gasteiger partial charge in [0.25, 0.3) is 5.91 Å². The van der Waals surface area contributed by atoms with Gasteiger partial charge in [0, 0.05) is 5.56 Å². The molecule has 3 amide bonds. The second kappa shape index (κ2) is 5.64. The fraction of sp³-hybridized carbons (Fsp3) is 0.111. The number of hydrogen-bond donors (Lipinski definition) is 3. The minimum Gasteiger partial charge on any atom is -0.435 e. The zero-order chi connectivity index (χ0) is 12.8. The Bertz CT molecular complexity index is 426. The van der Waals surface area contributed by atoms with E-state index in [-0.39, 0.29) is 11.3 Å². The van der Waals surface area contributed by atoms with Gasteiger partial charge >= 0.3 is 12.6 Å². The molecule has 0 atom stereocenters. The molecule has 1 aromatic carbocycles. The molecule has 0 aliphatic heterocycles. The van der Waals surface area contributed by atoms with Gasteiger partial charge in [0.2, 0.25) is 0 Å². The highest BCUT2D eigenvalue weighted by molar-refractivity contribution is 5.95. The lowest BCUT2D eigenvalue weighted by molar-refractivity contribution is -0.0498. The van der Waals surface area contributed by atoms with Gasteiger partial charge in [-0.3, -0.25) is 10.2 Å². The van der Waals surface area contributed by atoms with Gasteiger partial charge in [-0.2, -0.15) is 8.78 Å². The van der Waals surface area contributed by atoms with Crippen LogP contribution >= 0.6 is 0 Å². The van der Waals surface area contributed by atoms with Crippen molar-refractivity contribution < 1.29 is 23.1 Å². The number of hydrogen-bond acceptors (Lipinski definition) is 3. The monoisotopic (exact) mass is 245 g/mol. The number of halogens is 2. The third-order valence-electron chi connectivity index (χ3n) is 1.62. The SMILES string of the molecule is NC(=O)NNC(=O)c1cccc(OC(F)F)c1. The molecule has 6 nitrogen and oxygen atoms in total. The van der Waals surface area contributed by atoms with E-state index in [1.807, 2.05) is 10.9 Å². The molecule has 1 rings (SSSR count). The van der Waals surface area contributed by atoms with Gasteiger partial charge in [0.1, 0.15) is 5.75 Å². The van der Waals surface area contributed by atoms with Crippen molar-refractivity contribution in [2.24, 2.45) is 5.73 Å². The minimum absolute atomic E-state index is 0.0388. The molecule has 0 aromatic heterocycles. The van der Waals surface area contributed by atoms with Gasteiger partial charge in [-0.1, -0.05) is 6.07 Å². The van der Waals surface area contributed by atoms with Crippen LogP contribution in [0.1, 0.15) is 10.4 Å². The number of ether oxygens (including phenoxy) is 1. The van der Waals surface area contributed by atoms with E-state index in [9.17, 15) is 18.4 Å². The predicted molar refractivity (Wildman–Crippen MR) is 53.3 cm³/mol. The number of urea groups is 1. The highest BCUT2D eigenvalue weighted by atomic mass is 19.3. The quantitative estimate of drug-likeness (QED) is 0.681. The Balaban J connectivity index is 2.70. The van der Waals surface area contributed by atoms with E-state index in [1.165, 1.54) is 18.2 Å². The van der Waals surface area contributed by atoms with E-state index in [0.29, 0.717) is 0 Å². The number of amides is 3. The molecule has 0 fully saturated rings. The summed E-state index contributed by atoms with van der Waals surface area (Å²) in [6, 6.07) is 4.14. The lowest BCUT2D eigenvalue weighted by atomic mass is 10.2. The van der Waals surface area contributed by atoms with E-state index in [2.05, 4.69) is 4.74 Å². The zero-order valence-corrected chi connectivity index (χ0v) is 8.44. The van der Waals surface area contributed by atoms with Gasteiger partial charge in [-0.05, 0) is 18.2 Å². The standard InChI is InChI=1S/C9H9F2N3O3/c10-8(11)17-6-3-1-2-5(4-6)7(15)13-14-9(12)16/h1-4,8H,(H,13,15)(H3,12,14,16). The Kier molecular flexibility index (Phi) is 4.21. The highest BCUT2D eigenvalue weighted by Crippen LogP contribution is 2.15. The molecule has 0 unspecified atom stereocenters. The van der Waals surface area contributed by atoms with Crippen LogP contribution in [0.3, 0.4) is 0 Å². The number of nitrogens with one attached hydrogen (secondary N) is 2. The van der Waals surface area contributed by atoms with Gasteiger partial charge in [-0.15, -0.1) is 0 Å². The molecule has 0 saturated heterocycles. The van der Waals surface area contributed by atoms with E-state index in [1.54, 1.807) is 0 Å². The molecule has 4 N–H and O–H groups in total. The average Bonchev–Trinajstić information content (AvgIpc) is 2.25. The Hall–Kier alpha value is -2.38. The van der Waals surface area contributed by atoms with Crippen LogP contribution < -0.4 is 21.3 Å². The number of nitrogens with two attached hydrogens (primary N) is 1. The fourth-order valence-corrected chi connectivity index (χ4v) is 1.00. The summed E-state index contributed by atoms with van der Waals surface area (Å²) in [5.41, 5.74) is 8.59. The number of rotatable bonds is 3. The van der Waals surface area contributed by atoms with Crippen molar-refractivity contribution in [2.45, 2.75) is 6.61 Å². The number of benzene rings is 1.